The molecule has 0 spiro atoms. The molecule has 0 radical (unpaired) electrons. The lowest BCUT2D eigenvalue weighted by Crippen LogP contribution is -2.30. The van der Waals surface area contributed by atoms with Gasteiger partial charge in [0.2, 0.25) is 11.9 Å². The van der Waals surface area contributed by atoms with Crippen molar-refractivity contribution in [3.63, 3.8) is 0 Å². The molecule has 162 valence electrons. The standard InChI is InChI=1S/C23H26N4O4/c1-14-8-15(2)10-17(9-14)25-23-24-16(3)11-22(29)27(23)13-21(28)26-19-7-6-18(30-4)12-20(19)31-5/h6-12H,13H2,1-5H3,(H,24,25)(H,26,28). The van der Waals surface area contributed by atoms with Crippen molar-refractivity contribution in [2.75, 3.05) is 24.9 Å². The Balaban J connectivity index is 1.87. The Bertz CT molecular complexity index is 1150. The molecule has 0 saturated carbocycles. The molecule has 0 unspecified atom stereocenters. The van der Waals surface area contributed by atoms with E-state index in [1.165, 1.54) is 17.7 Å². The van der Waals surface area contributed by atoms with Gasteiger partial charge in [0.05, 0.1) is 19.9 Å². The molecule has 8 heteroatoms. The number of aryl methyl sites for hydroxylation is 3. The lowest BCUT2D eigenvalue weighted by molar-refractivity contribution is -0.116. The van der Waals surface area contributed by atoms with Crippen molar-refractivity contribution in [1.29, 1.82) is 0 Å². The van der Waals surface area contributed by atoms with Crippen LogP contribution >= 0.6 is 0 Å². The fourth-order valence-electron chi connectivity index (χ4n) is 3.28. The van der Waals surface area contributed by atoms with E-state index in [0.717, 1.165) is 16.8 Å². The van der Waals surface area contributed by atoms with Gasteiger partial charge in [-0.15, -0.1) is 0 Å². The summed E-state index contributed by atoms with van der Waals surface area (Å²) in [4.78, 5) is 29.8. The molecule has 2 N–H and O–H groups in total. The quantitative estimate of drug-likeness (QED) is 0.605. The predicted octanol–water partition coefficient (Wildman–Crippen LogP) is 3.57. The molecule has 2 aromatic carbocycles. The summed E-state index contributed by atoms with van der Waals surface area (Å²) in [5.41, 5.74) is 3.66. The summed E-state index contributed by atoms with van der Waals surface area (Å²) in [6.07, 6.45) is 0. The third-order valence-corrected chi connectivity index (χ3v) is 4.60. The molecule has 0 aliphatic rings. The molecule has 0 aliphatic carbocycles. The Morgan fingerprint density at radius 1 is 1.00 bits per heavy atom. The van der Waals surface area contributed by atoms with Gasteiger partial charge in [-0.25, -0.2) is 4.98 Å². The third-order valence-electron chi connectivity index (χ3n) is 4.60. The summed E-state index contributed by atoms with van der Waals surface area (Å²) in [6, 6.07) is 12.4. The Hall–Kier alpha value is -3.81. The average molecular weight is 422 g/mol. The molecule has 3 aromatic rings. The van der Waals surface area contributed by atoms with E-state index in [0.29, 0.717) is 28.8 Å². The number of nitrogens with one attached hydrogen (secondary N) is 2. The average Bonchev–Trinajstić information content (AvgIpc) is 2.70. The molecule has 0 atom stereocenters. The maximum Gasteiger partial charge on any atom is 0.255 e. The first kappa shape index (κ1) is 21.9. The van der Waals surface area contributed by atoms with Gasteiger partial charge in [-0.3, -0.25) is 14.2 Å². The largest absolute Gasteiger partial charge is 0.497 e. The van der Waals surface area contributed by atoms with Gasteiger partial charge in [0.15, 0.2) is 0 Å². The lowest BCUT2D eigenvalue weighted by atomic mass is 10.1. The number of benzene rings is 2. The van der Waals surface area contributed by atoms with Gasteiger partial charge < -0.3 is 20.1 Å². The van der Waals surface area contributed by atoms with E-state index < -0.39 is 0 Å². The maximum absolute atomic E-state index is 12.7. The van der Waals surface area contributed by atoms with Gasteiger partial charge in [-0.1, -0.05) is 6.07 Å². The maximum atomic E-state index is 12.7. The Morgan fingerprint density at radius 3 is 2.35 bits per heavy atom. The minimum absolute atomic E-state index is 0.214. The van der Waals surface area contributed by atoms with Crippen LogP contribution in [0.5, 0.6) is 11.5 Å². The van der Waals surface area contributed by atoms with Crippen LogP contribution in [0.25, 0.3) is 0 Å². The van der Waals surface area contributed by atoms with E-state index in [1.807, 2.05) is 26.0 Å². The van der Waals surface area contributed by atoms with E-state index in [4.69, 9.17) is 9.47 Å². The van der Waals surface area contributed by atoms with Crippen LogP contribution in [-0.2, 0) is 11.3 Å². The highest BCUT2D eigenvalue weighted by molar-refractivity contribution is 5.92. The summed E-state index contributed by atoms with van der Waals surface area (Å²) in [5, 5.41) is 5.95. The number of aromatic nitrogens is 2. The molecule has 1 amide bonds. The van der Waals surface area contributed by atoms with Crippen LogP contribution in [0, 0.1) is 20.8 Å². The summed E-state index contributed by atoms with van der Waals surface area (Å²) in [6.45, 7) is 5.50. The number of carbonyl (C=O) groups is 1. The van der Waals surface area contributed by atoms with Gasteiger partial charge in [0, 0.05) is 23.5 Å². The fraction of sp³-hybridized carbons (Fsp3) is 0.261. The molecule has 31 heavy (non-hydrogen) atoms. The number of methoxy groups -OCH3 is 2. The highest BCUT2D eigenvalue weighted by Crippen LogP contribution is 2.29. The van der Waals surface area contributed by atoms with Gasteiger partial charge in [0.25, 0.3) is 5.56 Å². The summed E-state index contributed by atoms with van der Waals surface area (Å²) in [5.74, 6) is 0.968. The second-order valence-corrected chi connectivity index (χ2v) is 7.26. The molecule has 8 nitrogen and oxygen atoms in total. The second kappa shape index (κ2) is 9.34. The van der Waals surface area contributed by atoms with Crippen molar-refractivity contribution >= 4 is 23.2 Å². The SMILES string of the molecule is COc1ccc(NC(=O)Cn2c(Nc3cc(C)cc(C)c3)nc(C)cc2=O)c(OC)c1. The van der Waals surface area contributed by atoms with Crippen LogP contribution in [0.15, 0.2) is 47.3 Å². The van der Waals surface area contributed by atoms with Crippen LogP contribution in [0.4, 0.5) is 17.3 Å². The lowest BCUT2D eigenvalue weighted by Gasteiger charge is -2.16. The zero-order chi connectivity index (χ0) is 22.5. The number of carbonyl (C=O) groups excluding carboxylic acids is 1. The molecule has 1 heterocycles. The Labute approximate surface area is 180 Å². The zero-order valence-corrected chi connectivity index (χ0v) is 18.3. The predicted molar refractivity (Wildman–Crippen MR) is 121 cm³/mol. The molecule has 0 saturated heterocycles. The summed E-state index contributed by atoms with van der Waals surface area (Å²) < 4.78 is 11.8. The van der Waals surface area contributed by atoms with Crippen LogP contribution in [-0.4, -0.2) is 29.7 Å². The van der Waals surface area contributed by atoms with Crippen molar-refractivity contribution in [2.24, 2.45) is 0 Å². The third kappa shape index (κ3) is 5.42. The van der Waals surface area contributed by atoms with E-state index in [1.54, 1.807) is 32.2 Å². The van der Waals surface area contributed by atoms with E-state index in [9.17, 15) is 9.59 Å². The van der Waals surface area contributed by atoms with E-state index in [2.05, 4.69) is 21.7 Å². The van der Waals surface area contributed by atoms with Crippen molar-refractivity contribution in [1.82, 2.24) is 9.55 Å². The van der Waals surface area contributed by atoms with E-state index >= 15 is 0 Å². The van der Waals surface area contributed by atoms with Gasteiger partial charge in [0.1, 0.15) is 18.0 Å². The Morgan fingerprint density at radius 2 is 1.71 bits per heavy atom. The first-order valence-electron chi connectivity index (χ1n) is 9.74. The number of anilines is 3. The monoisotopic (exact) mass is 422 g/mol. The van der Waals surface area contributed by atoms with Crippen molar-refractivity contribution in [2.45, 2.75) is 27.3 Å². The summed E-state index contributed by atoms with van der Waals surface area (Å²) in [7, 11) is 3.05. The Kier molecular flexibility index (Phi) is 6.59. The highest BCUT2D eigenvalue weighted by Gasteiger charge is 2.14. The van der Waals surface area contributed by atoms with Crippen LogP contribution in [0.1, 0.15) is 16.8 Å². The molecule has 0 bridgehead atoms. The number of rotatable bonds is 7. The molecule has 3 rings (SSSR count). The van der Waals surface area contributed by atoms with Crippen molar-refractivity contribution < 1.29 is 14.3 Å². The van der Waals surface area contributed by atoms with Gasteiger partial charge in [-0.2, -0.15) is 0 Å². The number of ether oxygens (including phenoxy) is 2. The molecular weight excluding hydrogens is 396 g/mol. The normalized spacial score (nSPS) is 10.5. The number of nitrogens with zero attached hydrogens (tertiary/aromatic N) is 2. The van der Waals surface area contributed by atoms with Gasteiger partial charge >= 0.3 is 0 Å². The molecular formula is C23H26N4O4. The minimum Gasteiger partial charge on any atom is -0.497 e. The zero-order valence-electron chi connectivity index (χ0n) is 18.3. The number of hydrogen-bond donors (Lipinski definition) is 2. The molecule has 0 fully saturated rings. The minimum atomic E-state index is -0.389. The number of amides is 1. The smallest absolute Gasteiger partial charge is 0.255 e. The van der Waals surface area contributed by atoms with Crippen molar-refractivity contribution in [3.05, 3.63) is 69.6 Å². The van der Waals surface area contributed by atoms with E-state index in [-0.39, 0.29) is 18.0 Å². The summed E-state index contributed by atoms with van der Waals surface area (Å²) >= 11 is 0. The van der Waals surface area contributed by atoms with Gasteiger partial charge in [-0.05, 0) is 56.2 Å². The highest BCUT2D eigenvalue weighted by atomic mass is 16.5. The molecule has 1 aromatic heterocycles. The van der Waals surface area contributed by atoms with Crippen LogP contribution < -0.4 is 25.7 Å². The number of hydrogen-bond acceptors (Lipinski definition) is 6. The second-order valence-electron chi connectivity index (χ2n) is 7.26. The van der Waals surface area contributed by atoms with Crippen molar-refractivity contribution in [3.8, 4) is 11.5 Å². The fourth-order valence-corrected chi connectivity index (χ4v) is 3.28. The first-order valence-corrected chi connectivity index (χ1v) is 9.74. The van der Waals surface area contributed by atoms with Crippen LogP contribution in [0.3, 0.4) is 0 Å². The molecule has 0 aliphatic heterocycles. The topological polar surface area (TPSA) is 94.5 Å². The first-order chi connectivity index (χ1) is 14.8. The van der Waals surface area contributed by atoms with Crippen LogP contribution in [0.2, 0.25) is 0 Å².